The Morgan fingerprint density at radius 1 is 1.17 bits per heavy atom. The van der Waals surface area contributed by atoms with Crippen LogP contribution in [0.25, 0.3) is 0 Å². The third-order valence-corrected chi connectivity index (χ3v) is 9.93. The first-order valence-corrected chi connectivity index (χ1v) is 13.4. The number of benzene rings is 1. The second kappa shape index (κ2) is 11.5. The first-order chi connectivity index (χ1) is 13.9. The summed E-state index contributed by atoms with van der Waals surface area (Å²) in [5, 5.41) is 11.8. The highest BCUT2D eigenvalue weighted by molar-refractivity contribution is 6.74. The van der Waals surface area contributed by atoms with Gasteiger partial charge in [-0.3, -0.25) is 10.1 Å². The molecule has 0 fully saturated rings. The maximum absolute atomic E-state index is 12.9. The number of hydrogen-bond acceptors (Lipinski definition) is 5. The molecule has 1 aromatic rings. The number of nitrogens with zero attached hydrogens (tertiary/aromatic N) is 1. The average molecular weight is 456 g/mol. The number of carbonyl (C=O) groups excluding carboxylic acids is 1. The molecule has 0 radical (unpaired) electrons. The van der Waals surface area contributed by atoms with Crippen LogP contribution in [0.4, 0.5) is 0 Å². The molecule has 1 unspecified atom stereocenters. The van der Waals surface area contributed by atoms with Gasteiger partial charge < -0.3 is 9.16 Å². The first kappa shape index (κ1) is 26.2. The lowest BCUT2D eigenvalue weighted by atomic mass is 9.95. The van der Waals surface area contributed by atoms with Crippen molar-refractivity contribution in [3.63, 3.8) is 0 Å². The van der Waals surface area contributed by atoms with Crippen LogP contribution in [0.1, 0.15) is 59.4 Å². The highest BCUT2D eigenvalue weighted by atomic mass is 35.5. The van der Waals surface area contributed by atoms with Crippen LogP contribution in [0.15, 0.2) is 36.1 Å². The van der Waals surface area contributed by atoms with Gasteiger partial charge in [-0.15, -0.1) is 0 Å². The molecule has 0 aliphatic rings. The van der Waals surface area contributed by atoms with Crippen LogP contribution >= 0.6 is 11.6 Å². The van der Waals surface area contributed by atoms with E-state index in [0.29, 0.717) is 11.4 Å². The second-order valence-electron chi connectivity index (χ2n) is 8.42. The molecule has 0 N–H and O–H groups in total. The highest BCUT2D eigenvalue weighted by Crippen LogP contribution is 2.28. The second-order valence-corrected chi connectivity index (χ2v) is 13.5. The fourth-order valence-electron chi connectivity index (χ4n) is 3.18. The molecule has 0 bridgehead atoms. The number of rotatable bonds is 11. The van der Waals surface area contributed by atoms with Crippen LogP contribution in [-0.4, -0.2) is 31.4 Å². The van der Waals surface area contributed by atoms with Crippen LogP contribution in [0.3, 0.4) is 0 Å². The van der Waals surface area contributed by atoms with Crippen molar-refractivity contribution in [1.82, 2.24) is 0 Å². The van der Waals surface area contributed by atoms with Gasteiger partial charge in [0.2, 0.25) is 6.54 Å². The van der Waals surface area contributed by atoms with Crippen molar-refractivity contribution in [2.75, 3.05) is 6.54 Å². The standard InChI is InChI=1S/C22H34ClNO5Si/c1-7-30(8-2,9-3)29-20(21(25)28-22(4,5)6)15-12-18(16-24(26)27)17-10-13-19(23)14-11-17/h10-11,13-15,18H,7-9,12,16H2,1-6H3/b20-15-. The lowest BCUT2D eigenvalue weighted by molar-refractivity contribution is -0.483. The molecule has 1 rings (SSSR count). The van der Waals surface area contributed by atoms with E-state index in [1.165, 1.54) is 0 Å². The summed E-state index contributed by atoms with van der Waals surface area (Å²) in [6.07, 6.45) is 1.96. The number of esters is 1. The minimum absolute atomic E-state index is 0.171. The van der Waals surface area contributed by atoms with Gasteiger partial charge in [0.1, 0.15) is 5.60 Å². The molecule has 0 heterocycles. The third-order valence-electron chi connectivity index (χ3n) is 5.16. The van der Waals surface area contributed by atoms with E-state index >= 15 is 0 Å². The van der Waals surface area contributed by atoms with Crippen molar-refractivity contribution >= 4 is 25.9 Å². The Kier molecular flexibility index (Phi) is 10.0. The molecular formula is C22H34ClNO5Si. The summed E-state index contributed by atoms with van der Waals surface area (Å²) in [5.74, 6) is -0.755. The van der Waals surface area contributed by atoms with E-state index < -0.39 is 25.8 Å². The molecule has 8 heteroatoms. The van der Waals surface area contributed by atoms with Crippen molar-refractivity contribution in [3.05, 3.63) is 56.8 Å². The van der Waals surface area contributed by atoms with Gasteiger partial charge in [0.25, 0.3) is 8.32 Å². The number of ether oxygens (including phenoxy) is 1. The smallest absolute Gasteiger partial charge is 0.372 e. The van der Waals surface area contributed by atoms with E-state index in [2.05, 4.69) is 20.8 Å². The summed E-state index contributed by atoms with van der Waals surface area (Å²) in [5.41, 5.74) is 0.131. The third kappa shape index (κ3) is 8.48. The Bertz CT molecular complexity index is 731. The Balaban J connectivity index is 3.25. The number of halogens is 1. The number of nitro groups is 1. The van der Waals surface area contributed by atoms with Gasteiger partial charge in [0, 0.05) is 9.95 Å². The molecule has 0 aromatic heterocycles. The molecular weight excluding hydrogens is 422 g/mol. The van der Waals surface area contributed by atoms with Gasteiger partial charge in [-0.1, -0.05) is 44.5 Å². The summed E-state index contributed by atoms with van der Waals surface area (Å²) >= 11 is 5.95. The zero-order valence-electron chi connectivity index (χ0n) is 18.9. The van der Waals surface area contributed by atoms with E-state index in [0.717, 1.165) is 23.7 Å². The molecule has 0 spiro atoms. The Hall–Kier alpha value is -1.86. The Morgan fingerprint density at radius 2 is 1.70 bits per heavy atom. The lowest BCUT2D eigenvalue weighted by Gasteiger charge is -2.31. The Labute approximate surface area is 185 Å². The number of hydrogen-bond donors (Lipinski definition) is 0. The highest BCUT2D eigenvalue weighted by Gasteiger charge is 2.34. The van der Waals surface area contributed by atoms with Crippen molar-refractivity contribution in [2.24, 2.45) is 0 Å². The van der Waals surface area contributed by atoms with Crippen LogP contribution in [0, 0.1) is 10.1 Å². The number of carbonyl (C=O) groups is 1. The molecule has 30 heavy (non-hydrogen) atoms. The minimum atomic E-state index is -2.13. The van der Waals surface area contributed by atoms with E-state index in [-0.39, 0.29) is 17.2 Å². The fourth-order valence-corrected chi connectivity index (χ4v) is 5.87. The molecule has 1 aromatic carbocycles. The topological polar surface area (TPSA) is 78.7 Å². The predicted molar refractivity (Wildman–Crippen MR) is 123 cm³/mol. The predicted octanol–water partition coefficient (Wildman–Crippen LogP) is 6.34. The normalized spacial score (nSPS) is 13.6. The molecule has 0 saturated carbocycles. The molecule has 1 atom stereocenters. The molecule has 0 saturated heterocycles. The first-order valence-electron chi connectivity index (χ1n) is 10.4. The average Bonchev–Trinajstić information content (AvgIpc) is 2.66. The summed E-state index contributed by atoms with van der Waals surface area (Å²) < 4.78 is 11.9. The van der Waals surface area contributed by atoms with Gasteiger partial charge in [-0.05, 0) is 69.1 Å². The summed E-state index contributed by atoms with van der Waals surface area (Å²) in [6.45, 7) is 11.4. The molecule has 6 nitrogen and oxygen atoms in total. The van der Waals surface area contributed by atoms with Gasteiger partial charge in [0.15, 0.2) is 5.76 Å². The Morgan fingerprint density at radius 3 is 2.13 bits per heavy atom. The van der Waals surface area contributed by atoms with Crippen LogP contribution in [0.5, 0.6) is 0 Å². The quantitative estimate of drug-likeness (QED) is 0.0971. The van der Waals surface area contributed by atoms with Crippen molar-refractivity contribution in [3.8, 4) is 0 Å². The molecule has 0 aliphatic heterocycles. The van der Waals surface area contributed by atoms with Gasteiger partial charge in [-0.2, -0.15) is 0 Å². The molecule has 0 amide bonds. The van der Waals surface area contributed by atoms with E-state index in [1.54, 1.807) is 51.1 Å². The maximum atomic E-state index is 12.9. The van der Waals surface area contributed by atoms with Gasteiger partial charge in [-0.25, -0.2) is 4.79 Å². The van der Waals surface area contributed by atoms with E-state index in [1.807, 2.05) is 0 Å². The summed E-state index contributed by atoms with van der Waals surface area (Å²) in [6, 6.07) is 9.59. The van der Waals surface area contributed by atoms with Crippen LogP contribution in [0.2, 0.25) is 23.2 Å². The van der Waals surface area contributed by atoms with E-state index in [9.17, 15) is 14.9 Å². The van der Waals surface area contributed by atoms with E-state index in [4.69, 9.17) is 20.8 Å². The van der Waals surface area contributed by atoms with Crippen molar-refractivity contribution in [1.29, 1.82) is 0 Å². The maximum Gasteiger partial charge on any atom is 0.372 e. The van der Waals surface area contributed by atoms with Gasteiger partial charge >= 0.3 is 5.97 Å². The fraction of sp³-hybridized carbons (Fsp3) is 0.591. The summed E-state index contributed by atoms with van der Waals surface area (Å²) in [4.78, 5) is 23.7. The van der Waals surface area contributed by atoms with Crippen molar-refractivity contribution < 1.29 is 18.9 Å². The lowest BCUT2D eigenvalue weighted by Crippen LogP contribution is -2.38. The van der Waals surface area contributed by atoms with Crippen molar-refractivity contribution in [2.45, 2.75) is 77.6 Å². The van der Waals surface area contributed by atoms with Gasteiger partial charge in [0.05, 0.1) is 5.92 Å². The molecule has 168 valence electrons. The minimum Gasteiger partial charge on any atom is -0.539 e. The zero-order chi connectivity index (χ0) is 22.9. The monoisotopic (exact) mass is 455 g/mol. The summed E-state index contributed by atoms with van der Waals surface area (Å²) in [7, 11) is -2.13. The van der Waals surface area contributed by atoms with Crippen LogP contribution in [-0.2, 0) is 14.0 Å². The molecule has 0 aliphatic carbocycles. The zero-order valence-corrected chi connectivity index (χ0v) is 20.6. The number of allylic oxidation sites excluding steroid dienone is 1. The largest absolute Gasteiger partial charge is 0.539 e. The van der Waals surface area contributed by atoms with Crippen LogP contribution < -0.4 is 0 Å². The SMILES string of the molecule is CC[Si](CC)(CC)O/C(=C\CC(C[N+](=O)[O-])c1ccc(Cl)cc1)C(=O)OC(C)(C)C.